The van der Waals surface area contributed by atoms with Gasteiger partial charge in [0.1, 0.15) is 4.88 Å². The van der Waals surface area contributed by atoms with E-state index in [9.17, 15) is 4.79 Å². The van der Waals surface area contributed by atoms with E-state index < -0.39 is 0 Å². The number of aryl methyl sites for hydroxylation is 1. The summed E-state index contributed by atoms with van der Waals surface area (Å²) in [4.78, 5) is 19.9. The van der Waals surface area contributed by atoms with Gasteiger partial charge in [-0.15, -0.1) is 0 Å². The number of carbonyl (C=O) groups excluding carboxylic acids is 1. The Morgan fingerprint density at radius 1 is 1.21 bits per heavy atom. The van der Waals surface area contributed by atoms with Gasteiger partial charge in [-0.1, -0.05) is 18.3 Å². The fourth-order valence-corrected chi connectivity index (χ4v) is 3.38. The Morgan fingerprint density at radius 3 is 2.46 bits per heavy atom. The molecule has 0 aliphatic carbocycles. The van der Waals surface area contributed by atoms with Crippen LogP contribution in [0.3, 0.4) is 0 Å². The van der Waals surface area contributed by atoms with Crippen LogP contribution in [0.5, 0.6) is 0 Å². The molecule has 1 aromatic carbocycles. The van der Waals surface area contributed by atoms with Crippen LogP contribution in [0.1, 0.15) is 22.3 Å². The number of hydrogen-bond donors (Lipinski definition) is 1. The molecule has 0 bridgehead atoms. The highest BCUT2D eigenvalue weighted by Gasteiger charge is 2.17. The lowest BCUT2D eigenvalue weighted by Crippen LogP contribution is -2.13. The molecule has 0 saturated heterocycles. The molecule has 124 valence electrons. The van der Waals surface area contributed by atoms with Crippen molar-refractivity contribution < 1.29 is 4.79 Å². The third-order valence-electron chi connectivity index (χ3n) is 3.69. The zero-order valence-corrected chi connectivity index (χ0v) is 14.8. The number of aromatic nitrogens is 2. The van der Waals surface area contributed by atoms with Gasteiger partial charge in [0.25, 0.3) is 5.91 Å². The molecule has 0 atom stereocenters. The SMILES string of the molecule is CCc1nc(-n2cccc2)sc1C(=O)Nc1ccc(N(C)C)cc1. The van der Waals surface area contributed by atoms with Gasteiger partial charge in [-0.05, 0) is 42.8 Å². The smallest absolute Gasteiger partial charge is 0.267 e. The van der Waals surface area contributed by atoms with Gasteiger partial charge in [0.2, 0.25) is 0 Å². The van der Waals surface area contributed by atoms with E-state index in [-0.39, 0.29) is 5.91 Å². The molecular weight excluding hydrogens is 320 g/mol. The van der Waals surface area contributed by atoms with Gasteiger partial charge in [0.15, 0.2) is 5.13 Å². The molecule has 5 nitrogen and oxygen atoms in total. The molecule has 6 heteroatoms. The van der Waals surface area contributed by atoms with Crippen molar-refractivity contribution in [1.82, 2.24) is 9.55 Å². The zero-order chi connectivity index (χ0) is 17.1. The Kier molecular flexibility index (Phi) is 4.66. The van der Waals surface area contributed by atoms with Crippen LogP contribution in [0, 0.1) is 0 Å². The maximum absolute atomic E-state index is 12.6. The lowest BCUT2D eigenvalue weighted by molar-refractivity contribution is 0.102. The molecule has 0 radical (unpaired) electrons. The van der Waals surface area contributed by atoms with E-state index in [4.69, 9.17) is 0 Å². The third-order valence-corrected chi connectivity index (χ3v) is 4.80. The topological polar surface area (TPSA) is 50.2 Å². The molecule has 3 aromatic rings. The summed E-state index contributed by atoms with van der Waals surface area (Å²) in [5, 5.41) is 3.77. The molecular formula is C18H20N4OS. The zero-order valence-electron chi connectivity index (χ0n) is 14.0. The second-order valence-electron chi connectivity index (χ2n) is 5.61. The number of anilines is 2. The number of benzene rings is 1. The maximum atomic E-state index is 12.6. The third kappa shape index (κ3) is 3.33. The highest BCUT2D eigenvalue weighted by molar-refractivity contribution is 7.16. The van der Waals surface area contributed by atoms with Gasteiger partial charge in [0, 0.05) is 37.9 Å². The average Bonchev–Trinajstić information content (AvgIpc) is 3.24. The fraction of sp³-hybridized carbons (Fsp3) is 0.222. The predicted octanol–water partition coefficient (Wildman–Crippen LogP) is 3.81. The van der Waals surface area contributed by atoms with Crippen molar-refractivity contribution in [1.29, 1.82) is 0 Å². The molecule has 2 heterocycles. The summed E-state index contributed by atoms with van der Waals surface area (Å²) in [5.41, 5.74) is 2.70. The van der Waals surface area contributed by atoms with Gasteiger partial charge >= 0.3 is 0 Å². The molecule has 0 aliphatic rings. The van der Waals surface area contributed by atoms with Crippen LogP contribution in [0.4, 0.5) is 11.4 Å². The molecule has 1 amide bonds. The fourth-order valence-electron chi connectivity index (χ4n) is 2.36. The Hall–Kier alpha value is -2.60. The summed E-state index contributed by atoms with van der Waals surface area (Å²) in [7, 11) is 3.97. The molecule has 0 unspecified atom stereocenters. The highest BCUT2D eigenvalue weighted by Crippen LogP contribution is 2.24. The van der Waals surface area contributed by atoms with Crippen LogP contribution in [-0.4, -0.2) is 29.6 Å². The van der Waals surface area contributed by atoms with E-state index >= 15 is 0 Å². The molecule has 2 aromatic heterocycles. The van der Waals surface area contributed by atoms with Crippen LogP contribution in [-0.2, 0) is 6.42 Å². The van der Waals surface area contributed by atoms with Gasteiger partial charge in [-0.25, -0.2) is 4.98 Å². The second-order valence-corrected chi connectivity index (χ2v) is 6.59. The van der Waals surface area contributed by atoms with Gasteiger partial charge in [-0.2, -0.15) is 0 Å². The molecule has 3 rings (SSSR count). The number of nitrogens with zero attached hydrogens (tertiary/aromatic N) is 3. The van der Waals surface area contributed by atoms with Crippen molar-refractivity contribution in [3.8, 4) is 5.13 Å². The first-order valence-corrected chi connectivity index (χ1v) is 8.62. The summed E-state index contributed by atoms with van der Waals surface area (Å²) in [6.45, 7) is 2.01. The Labute approximate surface area is 145 Å². The Bertz CT molecular complexity index is 819. The van der Waals surface area contributed by atoms with Crippen LogP contribution in [0.15, 0.2) is 48.8 Å². The van der Waals surface area contributed by atoms with Crippen LogP contribution < -0.4 is 10.2 Å². The van der Waals surface area contributed by atoms with Gasteiger partial charge < -0.3 is 14.8 Å². The molecule has 0 fully saturated rings. The van der Waals surface area contributed by atoms with Gasteiger partial charge in [-0.3, -0.25) is 4.79 Å². The molecule has 24 heavy (non-hydrogen) atoms. The predicted molar refractivity (Wildman–Crippen MR) is 99.5 cm³/mol. The summed E-state index contributed by atoms with van der Waals surface area (Å²) >= 11 is 1.41. The van der Waals surface area contributed by atoms with E-state index in [1.54, 1.807) is 0 Å². The van der Waals surface area contributed by atoms with Crippen LogP contribution in [0.2, 0.25) is 0 Å². The number of thiazole rings is 1. The maximum Gasteiger partial charge on any atom is 0.267 e. The summed E-state index contributed by atoms with van der Waals surface area (Å²) < 4.78 is 1.92. The number of carbonyl (C=O) groups is 1. The van der Waals surface area contributed by atoms with Crippen molar-refractivity contribution in [2.24, 2.45) is 0 Å². The Morgan fingerprint density at radius 2 is 1.88 bits per heavy atom. The van der Waals surface area contributed by atoms with Crippen molar-refractivity contribution in [2.45, 2.75) is 13.3 Å². The van der Waals surface area contributed by atoms with Crippen molar-refractivity contribution in [3.05, 3.63) is 59.4 Å². The molecule has 1 N–H and O–H groups in total. The monoisotopic (exact) mass is 340 g/mol. The standard InChI is InChI=1S/C18H20N4OS/c1-4-15-16(24-18(20-15)22-11-5-6-12-22)17(23)19-13-7-9-14(10-8-13)21(2)3/h5-12H,4H2,1-3H3,(H,19,23). The molecule has 0 aliphatic heterocycles. The first kappa shape index (κ1) is 16.3. The van der Waals surface area contributed by atoms with E-state index in [1.165, 1.54) is 11.3 Å². The number of rotatable bonds is 5. The minimum Gasteiger partial charge on any atom is -0.378 e. The number of amides is 1. The first-order chi connectivity index (χ1) is 11.6. The minimum atomic E-state index is -0.111. The molecule has 0 spiro atoms. The number of nitrogens with one attached hydrogen (secondary N) is 1. The average molecular weight is 340 g/mol. The second kappa shape index (κ2) is 6.88. The lowest BCUT2D eigenvalue weighted by Gasteiger charge is -2.12. The normalized spacial score (nSPS) is 10.6. The summed E-state index contributed by atoms with van der Waals surface area (Å²) in [5.74, 6) is -0.111. The van der Waals surface area contributed by atoms with E-state index in [2.05, 4.69) is 10.3 Å². The Balaban J connectivity index is 1.81. The van der Waals surface area contributed by atoms with E-state index in [1.807, 2.05) is 79.3 Å². The van der Waals surface area contributed by atoms with E-state index in [0.717, 1.165) is 28.6 Å². The summed E-state index contributed by atoms with van der Waals surface area (Å²) in [6.07, 6.45) is 4.58. The number of hydrogen-bond acceptors (Lipinski definition) is 4. The quantitative estimate of drug-likeness (QED) is 0.768. The molecule has 0 saturated carbocycles. The van der Waals surface area contributed by atoms with Crippen LogP contribution in [0.25, 0.3) is 5.13 Å². The minimum absolute atomic E-state index is 0.111. The summed E-state index contributed by atoms with van der Waals surface area (Å²) in [6, 6.07) is 11.7. The van der Waals surface area contributed by atoms with Crippen molar-refractivity contribution in [3.63, 3.8) is 0 Å². The van der Waals surface area contributed by atoms with Gasteiger partial charge in [0.05, 0.1) is 5.69 Å². The van der Waals surface area contributed by atoms with Crippen molar-refractivity contribution >= 4 is 28.6 Å². The van der Waals surface area contributed by atoms with Crippen molar-refractivity contribution in [2.75, 3.05) is 24.3 Å². The highest BCUT2D eigenvalue weighted by atomic mass is 32.1. The largest absolute Gasteiger partial charge is 0.378 e. The lowest BCUT2D eigenvalue weighted by atomic mass is 10.2. The van der Waals surface area contributed by atoms with Crippen LogP contribution >= 0.6 is 11.3 Å². The van der Waals surface area contributed by atoms with E-state index in [0.29, 0.717) is 4.88 Å². The first-order valence-electron chi connectivity index (χ1n) is 7.80.